The Hall–Kier alpha value is -0.610. The van der Waals surface area contributed by atoms with E-state index in [9.17, 15) is 4.79 Å². The lowest BCUT2D eigenvalue weighted by molar-refractivity contribution is -0.127. The fourth-order valence-electron chi connectivity index (χ4n) is 0.769. The summed E-state index contributed by atoms with van der Waals surface area (Å²) in [4.78, 5) is 11.2. The Balaban J connectivity index is 3.45. The normalized spacial score (nSPS) is 12.9. The number of carbonyl (C=O) groups is 1. The van der Waals surface area contributed by atoms with Crippen LogP contribution in [0.15, 0.2) is 0 Å². The van der Waals surface area contributed by atoms with E-state index in [4.69, 9.17) is 9.47 Å². The van der Waals surface area contributed by atoms with Crippen molar-refractivity contribution in [1.29, 1.82) is 0 Å². The number of hydrogen-bond donors (Lipinski definition) is 1. The molecule has 14 heavy (non-hydrogen) atoms. The van der Waals surface area contributed by atoms with E-state index >= 15 is 0 Å². The van der Waals surface area contributed by atoms with E-state index < -0.39 is 0 Å². The van der Waals surface area contributed by atoms with Gasteiger partial charge in [0, 0.05) is 13.2 Å². The van der Waals surface area contributed by atoms with Crippen molar-refractivity contribution < 1.29 is 14.3 Å². The fraction of sp³-hybridized carbons (Fsp3) is 0.900. The van der Waals surface area contributed by atoms with Crippen LogP contribution in [0.5, 0.6) is 0 Å². The Morgan fingerprint density at radius 3 is 2.43 bits per heavy atom. The molecule has 1 atom stereocenters. The van der Waals surface area contributed by atoms with E-state index in [1.807, 2.05) is 6.92 Å². The number of carbonyl (C=O) groups excluding carboxylic acids is 1. The van der Waals surface area contributed by atoms with E-state index in [-0.39, 0.29) is 18.6 Å². The molecule has 0 aromatic heterocycles. The zero-order valence-corrected chi connectivity index (χ0v) is 9.50. The molecule has 0 rings (SSSR count). The topological polar surface area (TPSA) is 47.6 Å². The second-order valence-electron chi connectivity index (χ2n) is 3.65. The molecule has 4 nitrogen and oxygen atoms in total. The van der Waals surface area contributed by atoms with Gasteiger partial charge in [-0.3, -0.25) is 4.79 Å². The average Bonchev–Trinajstić information content (AvgIpc) is 2.12. The first-order valence-corrected chi connectivity index (χ1v) is 4.94. The van der Waals surface area contributed by atoms with Gasteiger partial charge in [-0.15, -0.1) is 0 Å². The fourth-order valence-corrected chi connectivity index (χ4v) is 0.769. The number of nitrogens with one attached hydrogen (secondary N) is 1. The highest BCUT2D eigenvalue weighted by atomic mass is 16.5. The van der Waals surface area contributed by atoms with Gasteiger partial charge >= 0.3 is 0 Å². The van der Waals surface area contributed by atoms with Crippen LogP contribution >= 0.6 is 0 Å². The van der Waals surface area contributed by atoms with Crippen molar-refractivity contribution >= 4 is 5.91 Å². The smallest absolute Gasteiger partial charge is 0.246 e. The summed E-state index contributed by atoms with van der Waals surface area (Å²) in [5.41, 5.74) is 0. The van der Waals surface area contributed by atoms with Gasteiger partial charge in [-0.1, -0.05) is 13.8 Å². The van der Waals surface area contributed by atoms with Gasteiger partial charge in [-0.2, -0.15) is 0 Å². The molecule has 0 spiro atoms. The van der Waals surface area contributed by atoms with Crippen LogP contribution in [0.3, 0.4) is 0 Å². The van der Waals surface area contributed by atoms with Gasteiger partial charge in [0.1, 0.15) is 6.61 Å². The van der Waals surface area contributed by atoms with E-state index in [0.717, 1.165) is 0 Å². The van der Waals surface area contributed by atoms with Gasteiger partial charge in [0.25, 0.3) is 0 Å². The SMILES string of the molecule is COCCOCC(=O)NC(C)C(C)C. The van der Waals surface area contributed by atoms with Gasteiger partial charge in [-0.05, 0) is 12.8 Å². The van der Waals surface area contributed by atoms with Gasteiger partial charge in [-0.25, -0.2) is 0 Å². The van der Waals surface area contributed by atoms with Crippen LogP contribution in [0.4, 0.5) is 0 Å². The molecule has 1 N–H and O–H groups in total. The summed E-state index contributed by atoms with van der Waals surface area (Å²) in [6, 6.07) is 0.188. The third kappa shape index (κ3) is 6.86. The van der Waals surface area contributed by atoms with Crippen LogP contribution in [0.1, 0.15) is 20.8 Å². The highest BCUT2D eigenvalue weighted by Crippen LogP contribution is 1.98. The highest BCUT2D eigenvalue weighted by molar-refractivity contribution is 5.77. The Kier molecular flexibility index (Phi) is 7.42. The zero-order chi connectivity index (χ0) is 11.0. The third-order valence-electron chi connectivity index (χ3n) is 2.05. The lowest BCUT2D eigenvalue weighted by atomic mass is 10.1. The lowest BCUT2D eigenvalue weighted by Gasteiger charge is -2.17. The Bertz CT molecular complexity index is 159. The first-order valence-electron chi connectivity index (χ1n) is 4.94. The summed E-state index contributed by atoms with van der Waals surface area (Å²) >= 11 is 0. The van der Waals surface area contributed by atoms with E-state index in [2.05, 4.69) is 19.2 Å². The van der Waals surface area contributed by atoms with Crippen LogP contribution < -0.4 is 5.32 Å². The molecular formula is C10H21NO3. The summed E-state index contributed by atoms with van der Waals surface area (Å²) in [5.74, 6) is 0.375. The second kappa shape index (κ2) is 7.76. The Labute approximate surface area is 86.0 Å². The molecule has 4 heteroatoms. The zero-order valence-electron chi connectivity index (χ0n) is 9.50. The molecule has 0 aliphatic rings. The Morgan fingerprint density at radius 1 is 1.29 bits per heavy atom. The minimum atomic E-state index is -0.0673. The summed E-state index contributed by atoms with van der Waals surface area (Å²) in [7, 11) is 1.60. The van der Waals surface area contributed by atoms with Gasteiger partial charge < -0.3 is 14.8 Å². The molecule has 0 heterocycles. The van der Waals surface area contributed by atoms with E-state index in [0.29, 0.717) is 19.1 Å². The van der Waals surface area contributed by atoms with Crippen molar-refractivity contribution in [2.45, 2.75) is 26.8 Å². The first kappa shape index (κ1) is 13.4. The number of hydrogen-bond acceptors (Lipinski definition) is 3. The molecule has 1 amide bonds. The molecule has 0 bridgehead atoms. The first-order chi connectivity index (χ1) is 6.57. The second-order valence-corrected chi connectivity index (χ2v) is 3.65. The van der Waals surface area contributed by atoms with Crippen LogP contribution in [-0.4, -0.2) is 38.9 Å². The van der Waals surface area contributed by atoms with Gasteiger partial charge in [0.05, 0.1) is 13.2 Å². The van der Waals surface area contributed by atoms with Crippen LogP contribution in [0.25, 0.3) is 0 Å². The van der Waals surface area contributed by atoms with Crippen LogP contribution in [0, 0.1) is 5.92 Å². The van der Waals surface area contributed by atoms with Crippen molar-refractivity contribution in [3.05, 3.63) is 0 Å². The quantitative estimate of drug-likeness (QED) is 0.623. The molecule has 0 saturated heterocycles. The molecule has 0 aromatic carbocycles. The summed E-state index contributed by atoms with van der Waals surface area (Å²) in [6.45, 7) is 7.21. The van der Waals surface area contributed by atoms with Crippen LogP contribution in [-0.2, 0) is 14.3 Å². The lowest BCUT2D eigenvalue weighted by Crippen LogP contribution is -2.38. The minimum absolute atomic E-state index is 0.0673. The maximum Gasteiger partial charge on any atom is 0.246 e. The number of ether oxygens (including phenoxy) is 2. The van der Waals surface area contributed by atoms with Crippen molar-refractivity contribution in [2.24, 2.45) is 5.92 Å². The summed E-state index contributed by atoms with van der Waals surface area (Å²) in [6.07, 6.45) is 0. The van der Waals surface area contributed by atoms with Crippen molar-refractivity contribution in [1.82, 2.24) is 5.32 Å². The van der Waals surface area contributed by atoms with Crippen molar-refractivity contribution in [3.63, 3.8) is 0 Å². The average molecular weight is 203 g/mol. The third-order valence-corrected chi connectivity index (χ3v) is 2.05. The van der Waals surface area contributed by atoms with Gasteiger partial charge in [0.15, 0.2) is 0 Å². The molecule has 0 radical (unpaired) electrons. The molecular weight excluding hydrogens is 182 g/mol. The molecule has 0 aliphatic carbocycles. The van der Waals surface area contributed by atoms with Crippen LogP contribution in [0.2, 0.25) is 0 Å². The predicted molar refractivity (Wildman–Crippen MR) is 55.1 cm³/mol. The number of methoxy groups -OCH3 is 1. The number of rotatable bonds is 7. The van der Waals surface area contributed by atoms with Crippen molar-refractivity contribution in [3.8, 4) is 0 Å². The van der Waals surface area contributed by atoms with E-state index in [1.165, 1.54) is 0 Å². The maximum atomic E-state index is 11.2. The molecule has 0 fully saturated rings. The maximum absolute atomic E-state index is 11.2. The summed E-state index contributed by atoms with van der Waals surface area (Å²) in [5, 5.41) is 2.85. The van der Waals surface area contributed by atoms with Crippen molar-refractivity contribution in [2.75, 3.05) is 26.9 Å². The predicted octanol–water partition coefficient (Wildman–Crippen LogP) is 0.810. The largest absolute Gasteiger partial charge is 0.382 e. The summed E-state index contributed by atoms with van der Waals surface area (Å²) < 4.78 is 9.87. The monoisotopic (exact) mass is 203 g/mol. The molecule has 1 unspecified atom stereocenters. The molecule has 84 valence electrons. The Morgan fingerprint density at radius 2 is 1.93 bits per heavy atom. The molecule has 0 saturated carbocycles. The standard InChI is InChI=1S/C10H21NO3/c1-8(2)9(3)11-10(12)7-14-6-5-13-4/h8-9H,5-7H2,1-4H3,(H,11,12). The highest BCUT2D eigenvalue weighted by Gasteiger charge is 2.10. The minimum Gasteiger partial charge on any atom is -0.382 e. The van der Waals surface area contributed by atoms with E-state index in [1.54, 1.807) is 7.11 Å². The molecule has 0 aliphatic heterocycles. The van der Waals surface area contributed by atoms with Gasteiger partial charge in [0.2, 0.25) is 5.91 Å². The molecule has 0 aromatic rings. The number of amides is 1.